The largest absolute Gasteiger partial charge is 0.294 e. The van der Waals surface area contributed by atoms with E-state index in [2.05, 4.69) is 40.7 Å². The van der Waals surface area contributed by atoms with Crippen molar-refractivity contribution in [1.82, 2.24) is 0 Å². The fourth-order valence-corrected chi connectivity index (χ4v) is 3.33. The molecule has 2 rings (SSSR count). The summed E-state index contributed by atoms with van der Waals surface area (Å²) in [6.07, 6.45) is 2.77. The maximum absolute atomic E-state index is 11.8. The van der Waals surface area contributed by atoms with Crippen LogP contribution >= 0.6 is 0 Å². The first-order valence-electron chi connectivity index (χ1n) is 6.14. The Kier molecular flexibility index (Phi) is 2.24. The second-order valence-corrected chi connectivity index (χ2v) is 6.48. The highest BCUT2D eigenvalue weighted by Crippen LogP contribution is 2.59. The molecule has 2 aliphatic carbocycles. The molecule has 88 valence electrons. The van der Waals surface area contributed by atoms with Gasteiger partial charge in [0, 0.05) is 6.42 Å². The van der Waals surface area contributed by atoms with Crippen LogP contribution in [0.1, 0.15) is 48.0 Å². The van der Waals surface area contributed by atoms with E-state index in [1.165, 1.54) is 11.1 Å². The molecule has 0 N–H and O–H groups in total. The SMILES string of the molecule is CC1=CC2=C(CC1=O)C(C)(C)C(C)C2(C)C. The zero-order valence-corrected chi connectivity index (χ0v) is 11.3. The molecular weight excluding hydrogens is 196 g/mol. The van der Waals surface area contributed by atoms with Crippen LogP contribution in [0.5, 0.6) is 0 Å². The summed E-state index contributed by atoms with van der Waals surface area (Å²) >= 11 is 0. The van der Waals surface area contributed by atoms with Crippen molar-refractivity contribution < 1.29 is 4.79 Å². The van der Waals surface area contributed by atoms with Gasteiger partial charge in [0.25, 0.3) is 0 Å². The van der Waals surface area contributed by atoms with Crippen molar-refractivity contribution in [2.24, 2.45) is 16.7 Å². The standard InChI is InChI=1S/C15H22O/c1-9-7-11-12(8-13(9)16)15(5,6)10(2)14(11,3)4/h7,10H,8H2,1-6H3. The zero-order valence-electron chi connectivity index (χ0n) is 11.3. The number of carbonyl (C=O) groups excluding carboxylic acids is 1. The molecular formula is C15H22O. The smallest absolute Gasteiger partial charge is 0.162 e. The van der Waals surface area contributed by atoms with Gasteiger partial charge in [0.1, 0.15) is 0 Å². The molecule has 0 spiro atoms. The molecule has 0 saturated heterocycles. The summed E-state index contributed by atoms with van der Waals surface area (Å²) in [7, 11) is 0. The summed E-state index contributed by atoms with van der Waals surface area (Å²) < 4.78 is 0. The molecule has 16 heavy (non-hydrogen) atoms. The van der Waals surface area contributed by atoms with Gasteiger partial charge in [0.2, 0.25) is 0 Å². The molecule has 2 aliphatic rings. The molecule has 0 aromatic carbocycles. The first-order chi connectivity index (χ1) is 7.19. The van der Waals surface area contributed by atoms with Gasteiger partial charge in [-0.25, -0.2) is 0 Å². The minimum absolute atomic E-state index is 0.158. The molecule has 0 aromatic heterocycles. The van der Waals surface area contributed by atoms with Crippen molar-refractivity contribution >= 4 is 5.78 Å². The maximum Gasteiger partial charge on any atom is 0.162 e. The van der Waals surface area contributed by atoms with Gasteiger partial charge in [0.05, 0.1) is 0 Å². The zero-order chi connectivity index (χ0) is 12.3. The van der Waals surface area contributed by atoms with Gasteiger partial charge >= 0.3 is 0 Å². The average Bonchev–Trinajstić information content (AvgIpc) is 2.29. The number of carbonyl (C=O) groups is 1. The first-order valence-corrected chi connectivity index (χ1v) is 6.14. The molecule has 0 aromatic rings. The summed E-state index contributed by atoms with van der Waals surface area (Å²) in [6.45, 7) is 13.4. The first kappa shape index (κ1) is 11.6. The number of Topliss-reactive ketones (excluding diaryl/α,β-unsaturated/α-hetero) is 1. The lowest BCUT2D eigenvalue weighted by atomic mass is 9.69. The van der Waals surface area contributed by atoms with E-state index >= 15 is 0 Å². The van der Waals surface area contributed by atoms with Crippen LogP contribution in [0.2, 0.25) is 0 Å². The molecule has 0 radical (unpaired) electrons. The number of rotatable bonds is 0. The number of ketones is 1. The van der Waals surface area contributed by atoms with Crippen molar-refractivity contribution in [2.45, 2.75) is 48.0 Å². The van der Waals surface area contributed by atoms with Gasteiger partial charge in [-0.2, -0.15) is 0 Å². The average molecular weight is 218 g/mol. The van der Waals surface area contributed by atoms with Gasteiger partial charge in [-0.15, -0.1) is 0 Å². The van der Waals surface area contributed by atoms with Gasteiger partial charge < -0.3 is 0 Å². The van der Waals surface area contributed by atoms with Crippen LogP contribution in [0.25, 0.3) is 0 Å². The third-order valence-corrected chi connectivity index (χ3v) is 5.10. The van der Waals surface area contributed by atoms with Crippen LogP contribution in [0.15, 0.2) is 22.8 Å². The Labute approximate surface area is 98.6 Å². The fraction of sp³-hybridized carbons (Fsp3) is 0.667. The molecule has 1 heteroatoms. The third-order valence-electron chi connectivity index (χ3n) is 5.10. The van der Waals surface area contributed by atoms with Crippen LogP contribution in [-0.2, 0) is 4.79 Å². The van der Waals surface area contributed by atoms with E-state index in [9.17, 15) is 4.79 Å². The molecule has 1 unspecified atom stereocenters. The van der Waals surface area contributed by atoms with Crippen LogP contribution in [0, 0.1) is 16.7 Å². The highest BCUT2D eigenvalue weighted by molar-refractivity contribution is 5.99. The van der Waals surface area contributed by atoms with Crippen molar-refractivity contribution in [1.29, 1.82) is 0 Å². The summed E-state index contributed by atoms with van der Waals surface area (Å²) in [6, 6.07) is 0. The van der Waals surface area contributed by atoms with E-state index in [-0.39, 0.29) is 10.8 Å². The van der Waals surface area contributed by atoms with Gasteiger partial charge in [0.15, 0.2) is 5.78 Å². The van der Waals surface area contributed by atoms with Crippen molar-refractivity contribution in [2.75, 3.05) is 0 Å². The van der Waals surface area contributed by atoms with E-state index in [1.807, 2.05) is 6.92 Å². The number of hydrogen-bond donors (Lipinski definition) is 0. The fourth-order valence-electron chi connectivity index (χ4n) is 3.33. The van der Waals surface area contributed by atoms with Gasteiger partial charge in [-0.3, -0.25) is 4.79 Å². The van der Waals surface area contributed by atoms with E-state index in [4.69, 9.17) is 0 Å². The molecule has 0 amide bonds. The quantitative estimate of drug-likeness (QED) is 0.602. The summed E-state index contributed by atoms with van der Waals surface area (Å²) in [5, 5.41) is 0. The predicted octanol–water partition coefficient (Wildman–Crippen LogP) is 3.90. The minimum Gasteiger partial charge on any atom is -0.294 e. The van der Waals surface area contributed by atoms with Crippen LogP contribution < -0.4 is 0 Å². The molecule has 1 atom stereocenters. The Morgan fingerprint density at radius 1 is 1.19 bits per heavy atom. The van der Waals surface area contributed by atoms with Crippen molar-refractivity contribution in [3.63, 3.8) is 0 Å². The van der Waals surface area contributed by atoms with Crippen LogP contribution in [-0.4, -0.2) is 5.78 Å². The van der Waals surface area contributed by atoms with Gasteiger partial charge in [-0.05, 0) is 34.8 Å². The second-order valence-electron chi connectivity index (χ2n) is 6.48. The van der Waals surface area contributed by atoms with E-state index in [1.54, 1.807) is 0 Å². The highest BCUT2D eigenvalue weighted by Gasteiger charge is 2.50. The van der Waals surface area contributed by atoms with Crippen LogP contribution in [0.4, 0.5) is 0 Å². The maximum atomic E-state index is 11.8. The highest BCUT2D eigenvalue weighted by atomic mass is 16.1. The Balaban J connectivity index is 2.61. The van der Waals surface area contributed by atoms with E-state index in [0.717, 1.165) is 5.57 Å². The Bertz CT molecular complexity index is 419. The lowest BCUT2D eigenvalue weighted by molar-refractivity contribution is -0.115. The number of allylic oxidation sites excluding steroid dienone is 4. The van der Waals surface area contributed by atoms with Crippen molar-refractivity contribution in [3.05, 3.63) is 22.8 Å². The lowest BCUT2D eigenvalue weighted by Crippen LogP contribution is -2.28. The Morgan fingerprint density at radius 3 is 2.31 bits per heavy atom. The molecule has 0 aliphatic heterocycles. The van der Waals surface area contributed by atoms with Crippen molar-refractivity contribution in [3.8, 4) is 0 Å². The second kappa shape index (κ2) is 3.09. The molecule has 0 fully saturated rings. The number of hydrogen-bond acceptors (Lipinski definition) is 1. The molecule has 1 nitrogen and oxygen atoms in total. The minimum atomic E-state index is 0.158. The lowest BCUT2D eigenvalue weighted by Gasteiger charge is -2.34. The topological polar surface area (TPSA) is 17.1 Å². The molecule has 0 bridgehead atoms. The van der Waals surface area contributed by atoms with Gasteiger partial charge in [-0.1, -0.05) is 46.3 Å². The van der Waals surface area contributed by atoms with E-state index < -0.39 is 0 Å². The predicted molar refractivity (Wildman–Crippen MR) is 67.1 cm³/mol. The van der Waals surface area contributed by atoms with E-state index in [0.29, 0.717) is 18.1 Å². The Morgan fingerprint density at radius 2 is 1.75 bits per heavy atom. The summed E-state index contributed by atoms with van der Waals surface area (Å²) in [5.74, 6) is 0.886. The summed E-state index contributed by atoms with van der Waals surface area (Å²) in [4.78, 5) is 11.8. The normalized spacial score (nSPS) is 31.5. The molecule has 0 saturated carbocycles. The Hall–Kier alpha value is -0.850. The third kappa shape index (κ3) is 1.27. The summed E-state index contributed by atoms with van der Waals surface area (Å²) in [5.41, 5.74) is 4.08. The monoisotopic (exact) mass is 218 g/mol. The molecule has 0 heterocycles. The van der Waals surface area contributed by atoms with Crippen LogP contribution in [0.3, 0.4) is 0 Å².